The first kappa shape index (κ1) is 13.9. The van der Waals surface area contributed by atoms with E-state index in [4.69, 9.17) is 5.73 Å². The van der Waals surface area contributed by atoms with Crippen LogP contribution >= 0.6 is 0 Å². The molecule has 0 spiro atoms. The Morgan fingerprint density at radius 3 is 2.75 bits per heavy atom. The molecular formula is C11H24N2O2S. The molecule has 0 aliphatic heterocycles. The average molecular weight is 248 g/mol. The molecular weight excluding hydrogens is 224 g/mol. The molecule has 0 aromatic carbocycles. The van der Waals surface area contributed by atoms with Crippen molar-refractivity contribution in [1.82, 2.24) is 4.72 Å². The zero-order chi connectivity index (χ0) is 12.0. The van der Waals surface area contributed by atoms with Crippen LogP contribution in [0.4, 0.5) is 0 Å². The monoisotopic (exact) mass is 248 g/mol. The van der Waals surface area contributed by atoms with Crippen molar-refractivity contribution in [1.29, 1.82) is 0 Å². The number of nitrogens with one attached hydrogen (secondary N) is 1. The number of hydrogen-bond donors (Lipinski definition) is 2. The van der Waals surface area contributed by atoms with Crippen molar-refractivity contribution in [3.63, 3.8) is 0 Å². The summed E-state index contributed by atoms with van der Waals surface area (Å²) < 4.78 is 25.3. The summed E-state index contributed by atoms with van der Waals surface area (Å²) in [5.41, 5.74) is 5.23. The van der Waals surface area contributed by atoms with E-state index in [1.807, 2.05) is 0 Å². The zero-order valence-corrected chi connectivity index (χ0v) is 10.9. The van der Waals surface area contributed by atoms with Crippen LogP contribution in [0, 0.1) is 11.8 Å². The molecule has 0 aromatic rings. The lowest BCUT2D eigenvalue weighted by Gasteiger charge is -2.26. The molecule has 1 aliphatic carbocycles. The molecule has 0 heterocycles. The van der Waals surface area contributed by atoms with Gasteiger partial charge in [-0.05, 0) is 24.7 Å². The summed E-state index contributed by atoms with van der Waals surface area (Å²) in [5, 5.41) is 0. The second kappa shape index (κ2) is 6.57. The first-order valence-electron chi connectivity index (χ1n) is 6.21. The van der Waals surface area contributed by atoms with Gasteiger partial charge >= 0.3 is 0 Å². The van der Waals surface area contributed by atoms with Gasteiger partial charge < -0.3 is 5.73 Å². The highest BCUT2D eigenvalue weighted by molar-refractivity contribution is 7.89. The second-order valence-electron chi connectivity index (χ2n) is 4.93. The van der Waals surface area contributed by atoms with Crippen LogP contribution in [-0.4, -0.2) is 27.3 Å². The Bertz CT molecular complexity index is 290. The minimum atomic E-state index is -3.12. The minimum Gasteiger partial charge on any atom is -0.329 e. The molecule has 0 radical (unpaired) electrons. The quantitative estimate of drug-likeness (QED) is 0.739. The Balaban J connectivity index is 2.19. The van der Waals surface area contributed by atoms with Gasteiger partial charge in [0.05, 0.1) is 5.75 Å². The van der Waals surface area contributed by atoms with Gasteiger partial charge in [-0.2, -0.15) is 0 Å². The highest BCUT2D eigenvalue weighted by atomic mass is 32.2. The third-order valence-corrected chi connectivity index (χ3v) is 4.72. The highest BCUT2D eigenvalue weighted by Gasteiger charge is 2.19. The van der Waals surface area contributed by atoms with Gasteiger partial charge in [0.25, 0.3) is 0 Å². The normalized spacial score (nSPS) is 26.9. The van der Waals surface area contributed by atoms with Crippen LogP contribution < -0.4 is 10.5 Å². The summed E-state index contributed by atoms with van der Waals surface area (Å²) >= 11 is 0. The lowest BCUT2D eigenvalue weighted by Crippen LogP contribution is -2.31. The molecule has 0 bridgehead atoms. The molecule has 3 N–H and O–H groups in total. The first-order valence-corrected chi connectivity index (χ1v) is 7.86. The van der Waals surface area contributed by atoms with Gasteiger partial charge in [-0.15, -0.1) is 0 Å². The van der Waals surface area contributed by atoms with Crippen LogP contribution in [0.25, 0.3) is 0 Å². The first-order chi connectivity index (χ1) is 7.53. The highest BCUT2D eigenvalue weighted by Crippen LogP contribution is 2.30. The van der Waals surface area contributed by atoms with Gasteiger partial charge in [0.2, 0.25) is 10.0 Å². The van der Waals surface area contributed by atoms with Crippen LogP contribution in [0.15, 0.2) is 0 Å². The van der Waals surface area contributed by atoms with E-state index in [1.165, 1.54) is 25.7 Å². The van der Waals surface area contributed by atoms with Crippen LogP contribution in [-0.2, 0) is 10.0 Å². The maximum absolute atomic E-state index is 11.3. The number of hydrogen-bond acceptors (Lipinski definition) is 3. The SMILES string of the molecule is CC1CCCC(CCNS(=O)(=O)CCN)C1. The van der Waals surface area contributed by atoms with Gasteiger partial charge in [0.1, 0.15) is 0 Å². The lowest BCUT2D eigenvalue weighted by atomic mass is 9.81. The van der Waals surface area contributed by atoms with Crippen molar-refractivity contribution in [2.75, 3.05) is 18.8 Å². The molecule has 4 nitrogen and oxygen atoms in total. The molecule has 1 rings (SSSR count). The third kappa shape index (κ3) is 5.27. The topological polar surface area (TPSA) is 72.2 Å². The lowest BCUT2D eigenvalue weighted by molar-refractivity contribution is 0.271. The predicted octanol–water partition coefficient (Wildman–Crippen LogP) is 1.08. The number of sulfonamides is 1. The van der Waals surface area contributed by atoms with Crippen LogP contribution in [0.3, 0.4) is 0 Å². The summed E-state index contributed by atoms with van der Waals surface area (Å²) in [5.74, 6) is 1.54. The van der Waals surface area contributed by atoms with Crippen molar-refractivity contribution in [3.8, 4) is 0 Å². The van der Waals surface area contributed by atoms with Crippen LogP contribution in [0.2, 0.25) is 0 Å². The molecule has 2 atom stereocenters. The maximum atomic E-state index is 11.3. The van der Waals surface area contributed by atoms with Gasteiger partial charge in [-0.3, -0.25) is 0 Å². The zero-order valence-electron chi connectivity index (χ0n) is 10.1. The van der Waals surface area contributed by atoms with Crippen LogP contribution in [0.5, 0.6) is 0 Å². The molecule has 1 saturated carbocycles. The van der Waals surface area contributed by atoms with E-state index in [0.29, 0.717) is 12.5 Å². The summed E-state index contributed by atoms with van der Waals surface area (Å²) in [6.45, 7) is 3.04. The fourth-order valence-electron chi connectivity index (χ4n) is 2.47. The van der Waals surface area contributed by atoms with E-state index in [-0.39, 0.29) is 12.3 Å². The standard InChI is InChI=1S/C11H24N2O2S/c1-10-3-2-4-11(9-10)5-7-13-16(14,15)8-6-12/h10-11,13H,2-9,12H2,1H3. The fourth-order valence-corrected chi connectivity index (χ4v) is 3.35. The molecule has 0 saturated heterocycles. The Morgan fingerprint density at radius 1 is 1.38 bits per heavy atom. The average Bonchev–Trinajstić information content (AvgIpc) is 2.17. The third-order valence-electron chi connectivity index (χ3n) is 3.31. The maximum Gasteiger partial charge on any atom is 0.212 e. The molecule has 0 aromatic heterocycles. The summed E-state index contributed by atoms with van der Waals surface area (Å²) in [7, 11) is -3.12. The molecule has 2 unspecified atom stereocenters. The summed E-state index contributed by atoms with van der Waals surface area (Å²) in [6.07, 6.45) is 6.09. The van der Waals surface area contributed by atoms with Gasteiger partial charge in [-0.1, -0.05) is 26.2 Å². The van der Waals surface area contributed by atoms with Gasteiger partial charge in [0, 0.05) is 13.1 Å². The minimum absolute atomic E-state index is 0.0358. The fraction of sp³-hybridized carbons (Fsp3) is 1.00. The summed E-state index contributed by atoms with van der Waals surface area (Å²) in [4.78, 5) is 0. The van der Waals surface area contributed by atoms with E-state index >= 15 is 0 Å². The van der Waals surface area contributed by atoms with Gasteiger partial charge in [-0.25, -0.2) is 13.1 Å². The Hall–Kier alpha value is -0.130. The Labute approximate surface area is 99.0 Å². The predicted molar refractivity (Wildman–Crippen MR) is 66.6 cm³/mol. The molecule has 5 heteroatoms. The molecule has 16 heavy (non-hydrogen) atoms. The van der Waals surface area contributed by atoms with E-state index in [0.717, 1.165) is 12.3 Å². The van der Waals surface area contributed by atoms with Crippen molar-refractivity contribution >= 4 is 10.0 Å². The Morgan fingerprint density at radius 2 is 2.12 bits per heavy atom. The molecule has 96 valence electrons. The van der Waals surface area contributed by atoms with Crippen molar-refractivity contribution in [2.45, 2.75) is 39.0 Å². The molecule has 1 aliphatic rings. The van der Waals surface area contributed by atoms with E-state index in [1.54, 1.807) is 0 Å². The van der Waals surface area contributed by atoms with Crippen molar-refractivity contribution in [3.05, 3.63) is 0 Å². The van der Waals surface area contributed by atoms with Crippen molar-refractivity contribution in [2.24, 2.45) is 17.6 Å². The number of nitrogens with two attached hydrogens (primary N) is 1. The van der Waals surface area contributed by atoms with E-state index < -0.39 is 10.0 Å². The van der Waals surface area contributed by atoms with Crippen molar-refractivity contribution < 1.29 is 8.42 Å². The van der Waals surface area contributed by atoms with E-state index in [2.05, 4.69) is 11.6 Å². The summed E-state index contributed by atoms with van der Waals surface area (Å²) in [6, 6.07) is 0. The molecule has 1 fully saturated rings. The van der Waals surface area contributed by atoms with Gasteiger partial charge in [0.15, 0.2) is 0 Å². The van der Waals surface area contributed by atoms with Crippen LogP contribution in [0.1, 0.15) is 39.0 Å². The Kier molecular flexibility index (Phi) is 5.72. The largest absolute Gasteiger partial charge is 0.329 e. The molecule has 0 amide bonds. The van der Waals surface area contributed by atoms with E-state index in [9.17, 15) is 8.42 Å². The number of rotatable bonds is 6. The second-order valence-corrected chi connectivity index (χ2v) is 6.85. The smallest absolute Gasteiger partial charge is 0.212 e.